The second-order valence-corrected chi connectivity index (χ2v) is 7.81. The van der Waals surface area contributed by atoms with Crippen molar-refractivity contribution in [3.63, 3.8) is 0 Å². The molecule has 0 unspecified atom stereocenters. The monoisotopic (exact) mass is 437 g/mol. The fourth-order valence-corrected chi connectivity index (χ4v) is 4.17. The zero-order chi connectivity index (χ0) is 21.5. The van der Waals surface area contributed by atoms with E-state index in [1.807, 2.05) is 0 Å². The van der Waals surface area contributed by atoms with Crippen molar-refractivity contribution in [2.24, 2.45) is 0 Å². The zero-order valence-corrected chi connectivity index (χ0v) is 17.0. The van der Waals surface area contributed by atoms with Crippen LogP contribution < -0.4 is 16.0 Å². The van der Waals surface area contributed by atoms with Crippen LogP contribution in [0, 0.1) is 5.82 Å². The van der Waals surface area contributed by atoms with Crippen molar-refractivity contribution >= 4 is 34.9 Å². The van der Waals surface area contributed by atoms with E-state index in [0.29, 0.717) is 47.7 Å². The Kier molecular flexibility index (Phi) is 4.78. The first kappa shape index (κ1) is 19.4. The molecule has 1 atom stereocenters. The molecule has 4 heterocycles. The van der Waals surface area contributed by atoms with E-state index in [1.54, 1.807) is 30.5 Å². The second-order valence-electron chi connectivity index (χ2n) is 7.40. The van der Waals surface area contributed by atoms with E-state index in [-0.39, 0.29) is 34.1 Å². The van der Waals surface area contributed by atoms with Crippen LogP contribution in [0.2, 0.25) is 5.02 Å². The molecule has 2 aliphatic heterocycles. The topological polar surface area (TPSA) is 96.0 Å². The third-order valence-corrected chi connectivity index (χ3v) is 5.76. The molecule has 5 rings (SSSR count). The summed E-state index contributed by atoms with van der Waals surface area (Å²) in [5.74, 6) is -0.755. The van der Waals surface area contributed by atoms with Crippen LogP contribution in [0.5, 0.6) is 0 Å². The summed E-state index contributed by atoms with van der Waals surface area (Å²) in [4.78, 5) is 33.2. The first-order valence-electron chi connectivity index (χ1n) is 9.78. The SMILES string of the molecule is O=C1NCc2cc(-c3c(F)cccc3Cl)nc(Nc3ccc([C@@H]4CCNC4=O)nc3)c21. The minimum absolute atomic E-state index is 0.0289. The fraction of sp³-hybridized carbons (Fsp3) is 0.182. The first-order valence-corrected chi connectivity index (χ1v) is 10.2. The van der Waals surface area contributed by atoms with Gasteiger partial charge in [0.15, 0.2) is 0 Å². The molecule has 2 aromatic heterocycles. The van der Waals surface area contributed by atoms with Gasteiger partial charge in [-0.3, -0.25) is 14.6 Å². The number of halogens is 2. The predicted octanol–water partition coefficient (Wildman–Crippen LogP) is 3.53. The molecule has 1 saturated heterocycles. The molecule has 0 aliphatic carbocycles. The largest absolute Gasteiger partial charge is 0.355 e. The molecule has 31 heavy (non-hydrogen) atoms. The number of carbonyl (C=O) groups excluding carboxylic acids is 2. The molecule has 2 aliphatic rings. The van der Waals surface area contributed by atoms with Crippen LogP contribution in [0.25, 0.3) is 11.3 Å². The van der Waals surface area contributed by atoms with Crippen LogP contribution in [0.4, 0.5) is 15.9 Å². The van der Waals surface area contributed by atoms with Gasteiger partial charge < -0.3 is 16.0 Å². The highest BCUT2D eigenvalue weighted by molar-refractivity contribution is 6.33. The number of amides is 2. The Hall–Kier alpha value is -3.52. The smallest absolute Gasteiger partial charge is 0.255 e. The van der Waals surface area contributed by atoms with Crippen molar-refractivity contribution in [2.75, 3.05) is 11.9 Å². The predicted molar refractivity (Wildman–Crippen MR) is 114 cm³/mol. The molecule has 0 radical (unpaired) electrons. The van der Waals surface area contributed by atoms with Gasteiger partial charge in [-0.25, -0.2) is 9.37 Å². The van der Waals surface area contributed by atoms with Gasteiger partial charge in [-0.15, -0.1) is 0 Å². The molecule has 1 fully saturated rings. The number of nitrogens with one attached hydrogen (secondary N) is 3. The number of carbonyl (C=O) groups is 2. The Balaban J connectivity index is 1.52. The van der Waals surface area contributed by atoms with Crippen molar-refractivity contribution in [1.29, 1.82) is 0 Å². The van der Waals surface area contributed by atoms with Crippen molar-refractivity contribution in [3.8, 4) is 11.3 Å². The van der Waals surface area contributed by atoms with E-state index >= 15 is 0 Å². The van der Waals surface area contributed by atoms with Gasteiger partial charge in [-0.2, -0.15) is 0 Å². The van der Waals surface area contributed by atoms with E-state index in [0.717, 1.165) is 0 Å². The van der Waals surface area contributed by atoms with Crippen molar-refractivity contribution < 1.29 is 14.0 Å². The van der Waals surface area contributed by atoms with Gasteiger partial charge in [0.05, 0.1) is 45.3 Å². The van der Waals surface area contributed by atoms with Gasteiger partial charge >= 0.3 is 0 Å². The van der Waals surface area contributed by atoms with E-state index < -0.39 is 5.82 Å². The highest BCUT2D eigenvalue weighted by Gasteiger charge is 2.28. The molecular formula is C22H17ClFN5O2. The van der Waals surface area contributed by atoms with Crippen LogP contribution in [-0.2, 0) is 11.3 Å². The Morgan fingerprint density at radius 1 is 1.13 bits per heavy atom. The van der Waals surface area contributed by atoms with Crippen molar-refractivity contribution in [2.45, 2.75) is 18.9 Å². The number of hydrogen-bond donors (Lipinski definition) is 3. The van der Waals surface area contributed by atoms with Gasteiger partial charge in [-0.1, -0.05) is 17.7 Å². The van der Waals surface area contributed by atoms with Gasteiger partial charge in [0.25, 0.3) is 5.91 Å². The van der Waals surface area contributed by atoms with Crippen LogP contribution in [0.3, 0.4) is 0 Å². The number of rotatable bonds is 4. The van der Waals surface area contributed by atoms with Crippen LogP contribution >= 0.6 is 11.6 Å². The Morgan fingerprint density at radius 3 is 2.71 bits per heavy atom. The molecule has 0 spiro atoms. The fourth-order valence-electron chi connectivity index (χ4n) is 3.91. The number of aromatic nitrogens is 2. The molecule has 3 aromatic rings. The zero-order valence-electron chi connectivity index (χ0n) is 16.2. The lowest BCUT2D eigenvalue weighted by Crippen LogP contribution is -2.18. The van der Waals surface area contributed by atoms with Gasteiger partial charge in [-0.05, 0) is 42.3 Å². The Labute approximate surface area is 182 Å². The highest BCUT2D eigenvalue weighted by Crippen LogP contribution is 2.35. The molecule has 0 saturated carbocycles. The minimum Gasteiger partial charge on any atom is -0.355 e. The summed E-state index contributed by atoms with van der Waals surface area (Å²) in [7, 11) is 0. The Morgan fingerprint density at radius 2 is 2.00 bits per heavy atom. The summed E-state index contributed by atoms with van der Waals surface area (Å²) < 4.78 is 14.5. The molecule has 156 valence electrons. The lowest BCUT2D eigenvalue weighted by molar-refractivity contribution is -0.120. The van der Waals surface area contributed by atoms with Gasteiger partial charge in [0, 0.05) is 13.1 Å². The van der Waals surface area contributed by atoms with Crippen LogP contribution in [-0.4, -0.2) is 28.3 Å². The number of fused-ring (bicyclic) bond motifs is 1. The summed E-state index contributed by atoms with van der Waals surface area (Å²) in [6.45, 7) is 0.958. The molecule has 9 heteroatoms. The third-order valence-electron chi connectivity index (χ3n) is 5.44. The molecule has 1 aromatic carbocycles. The van der Waals surface area contributed by atoms with Gasteiger partial charge in [0.2, 0.25) is 5.91 Å². The lowest BCUT2D eigenvalue weighted by atomic mass is 10.0. The normalized spacial score (nSPS) is 17.3. The molecule has 7 nitrogen and oxygen atoms in total. The maximum Gasteiger partial charge on any atom is 0.255 e. The van der Waals surface area contributed by atoms with Crippen LogP contribution in [0.15, 0.2) is 42.6 Å². The third kappa shape index (κ3) is 3.48. The highest BCUT2D eigenvalue weighted by atomic mass is 35.5. The number of hydrogen-bond acceptors (Lipinski definition) is 5. The standard InChI is InChI=1S/C22H17ClFN5O2/c23-14-2-1-3-15(24)19(14)17-8-11-9-27-22(31)18(11)20(29-17)28-12-4-5-16(26-10-12)13-6-7-25-21(13)30/h1-5,8,10,13H,6-7,9H2,(H,25,30)(H,27,31)(H,28,29)/t13-/m0/s1. The molecule has 2 amide bonds. The minimum atomic E-state index is -0.496. The van der Waals surface area contributed by atoms with Crippen molar-refractivity contribution in [1.82, 2.24) is 20.6 Å². The average Bonchev–Trinajstić information content (AvgIpc) is 3.34. The quantitative estimate of drug-likeness (QED) is 0.580. The van der Waals surface area contributed by atoms with E-state index in [9.17, 15) is 14.0 Å². The maximum atomic E-state index is 14.5. The second kappa shape index (κ2) is 7.63. The number of benzene rings is 1. The number of anilines is 2. The molecule has 3 N–H and O–H groups in total. The number of nitrogens with zero attached hydrogens (tertiary/aromatic N) is 2. The number of pyridine rings is 2. The first-order chi connectivity index (χ1) is 15.0. The van der Waals surface area contributed by atoms with Crippen molar-refractivity contribution in [3.05, 3.63) is 70.3 Å². The lowest BCUT2D eigenvalue weighted by Gasteiger charge is -2.13. The van der Waals surface area contributed by atoms with E-state index in [4.69, 9.17) is 11.6 Å². The molecular weight excluding hydrogens is 421 g/mol. The summed E-state index contributed by atoms with van der Waals surface area (Å²) in [6.07, 6.45) is 2.30. The summed E-state index contributed by atoms with van der Waals surface area (Å²) in [6, 6.07) is 9.65. The van der Waals surface area contributed by atoms with E-state index in [2.05, 4.69) is 25.9 Å². The molecule has 0 bridgehead atoms. The van der Waals surface area contributed by atoms with Gasteiger partial charge in [0.1, 0.15) is 11.6 Å². The average molecular weight is 438 g/mol. The van der Waals surface area contributed by atoms with E-state index in [1.165, 1.54) is 12.1 Å². The maximum absolute atomic E-state index is 14.5. The summed E-state index contributed by atoms with van der Waals surface area (Å²) in [5.41, 5.74) is 2.87. The summed E-state index contributed by atoms with van der Waals surface area (Å²) >= 11 is 6.22. The summed E-state index contributed by atoms with van der Waals surface area (Å²) in [5, 5.41) is 8.91. The Bertz CT molecular complexity index is 1200. The van der Waals surface area contributed by atoms with Crippen LogP contribution in [0.1, 0.15) is 34.0 Å².